The highest BCUT2D eigenvalue weighted by molar-refractivity contribution is 6.92. The Labute approximate surface area is 50.4 Å². The summed E-state index contributed by atoms with van der Waals surface area (Å²) in [4.78, 5) is 0. The molecule has 0 aromatic carbocycles. The van der Waals surface area contributed by atoms with Gasteiger partial charge in [-0.05, 0) is 12.5 Å². The van der Waals surface area contributed by atoms with Crippen molar-refractivity contribution in [2.75, 3.05) is 6.61 Å². The molecule has 1 atom stereocenters. The Morgan fingerprint density at radius 2 is 2.14 bits per heavy atom. The van der Waals surface area contributed by atoms with Crippen LogP contribution in [0.15, 0.2) is 0 Å². The molecule has 1 aliphatic rings. The van der Waals surface area contributed by atoms with Crippen molar-refractivity contribution in [2.45, 2.75) is 18.9 Å². The molecule has 0 aliphatic carbocycles. The Bertz CT molecular complexity index is 27.2. The first kappa shape index (κ1) is 7.61. The molecule has 1 fully saturated rings. The van der Waals surface area contributed by atoms with Crippen LogP contribution in [0, 0.1) is 0 Å². The van der Waals surface area contributed by atoms with Crippen LogP contribution in [0.3, 0.4) is 0 Å². The Hall–Kier alpha value is 0.607. The van der Waals surface area contributed by atoms with E-state index in [2.05, 4.69) is 0 Å². The van der Waals surface area contributed by atoms with Crippen LogP contribution in [0.2, 0.25) is 6.04 Å². The zero-order chi connectivity index (χ0) is 4.24. The second kappa shape index (κ2) is 4.76. The lowest BCUT2D eigenvalue weighted by molar-refractivity contribution is 0.304. The largest absolute Gasteiger partial charge is 0.424 e. The standard InChI is InChI=1S/C4H10OSi.H3P/c1-2-4-6-5-3-1;/h1-4,6H2;1H3. The van der Waals surface area contributed by atoms with Crippen molar-refractivity contribution >= 4 is 19.7 Å². The van der Waals surface area contributed by atoms with Crippen molar-refractivity contribution in [3.63, 3.8) is 0 Å². The van der Waals surface area contributed by atoms with Gasteiger partial charge in [-0.3, -0.25) is 0 Å². The molecule has 0 bridgehead atoms. The van der Waals surface area contributed by atoms with Gasteiger partial charge < -0.3 is 4.43 Å². The molecule has 1 saturated heterocycles. The lowest BCUT2D eigenvalue weighted by atomic mass is 10.4. The topological polar surface area (TPSA) is 9.23 Å². The normalized spacial score (nSPS) is 24.0. The average Bonchev–Trinajstić information content (AvgIpc) is 1.72. The molecule has 0 amide bonds. The van der Waals surface area contributed by atoms with Crippen molar-refractivity contribution in [1.29, 1.82) is 0 Å². The summed E-state index contributed by atoms with van der Waals surface area (Å²) < 4.78 is 5.21. The van der Waals surface area contributed by atoms with E-state index in [0.717, 1.165) is 6.61 Å². The fraction of sp³-hybridized carbons (Fsp3) is 1.00. The summed E-state index contributed by atoms with van der Waals surface area (Å²) in [5, 5.41) is 0. The molecule has 0 radical (unpaired) electrons. The van der Waals surface area contributed by atoms with E-state index in [4.69, 9.17) is 4.43 Å². The van der Waals surface area contributed by atoms with Gasteiger partial charge >= 0.3 is 0 Å². The van der Waals surface area contributed by atoms with Gasteiger partial charge in [-0.25, -0.2) is 0 Å². The Morgan fingerprint density at radius 3 is 2.29 bits per heavy atom. The highest BCUT2D eigenvalue weighted by Gasteiger charge is 1.96. The number of hydrogen-bond acceptors (Lipinski definition) is 1. The highest BCUT2D eigenvalue weighted by atomic mass is 31.0. The predicted molar refractivity (Wildman–Crippen MR) is 39.6 cm³/mol. The molecule has 0 saturated carbocycles. The predicted octanol–water partition coefficient (Wildman–Crippen LogP) is 0.357. The third kappa shape index (κ3) is 3.21. The number of rotatable bonds is 0. The molecule has 1 aliphatic heterocycles. The van der Waals surface area contributed by atoms with E-state index in [9.17, 15) is 0 Å². The summed E-state index contributed by atoms with van der Waals surface area (Å²) in [7, 11) is 0.00849. The minimum Gasteiger partial charge on any atom is -0.424 e. The molecule has 1 heterocycles. The first-order valence-electron chi connectivity index (χ1n) is 2.58. The summed E-state index contributed by atoms with van der Waals surface area (Å²) in [5.41, 5.74) is 0. The van der Waals surface area contributed by atoms with Gasteiger partial charge in [0.1, 0.15) is 0 Å². The SMILES string of the molecule is C1CC[SiH2]OC1.P. The molecule has 1 nitrogen and oxygen atoms in total. The third-order valence-electron chi connectivity index (χ3n) is 1.08. The smallest absolute Gasteiger partial charge is 0.161 e. The van der Waals surface area contributed by atoms with Gasteiger partial charge in [0, 0.05) is 6.61 Å². The fourth-order valence-electron chi connectivity index (χ4n) is 0.687. The maximum absolute atomic E-state index is 5.21. The van der Waals surface area contributed by atoms with E-state index in [0.29, 0.717) is 0 Å². The average molecular weight is 136 g/mol. The summed E-state index contributed by atoms with van der Waals surface area (Å²) >= 11 is 0. The first-order chi connectivity index (χ1) is 3.00. The van der Waals surface area contributed by atoms with Crippen LogP contribution in [0.5, 0.6) is 0 Å². The van der Waals surface area contributed by atoms with Gasteiger partial charge in [0.25, 0.3) is 0 Å². The lowest BCUT2D eigenvalue weighted by Crippen LogP contribution is -2.06. The Balaban J connectivity index is 0.000000360. The molecule has 0 aromatic heterocycles. The van der Waals surface area contributed by atoms with Crippen molar-refractivity contribution in [3.8, 4) is 0 Å². The molecule has 1 unspecified atom stereocenters. The molecule has 0 spiro atoms. The maximum Gasteiger partial charge on any atom is 0.161 e. The van der Waals surface area contributed by atoms with E-state index in [1.165, 1.54) is 18.9 Å². The maximum atomic E-state index is 5.21. The minimum atomic E-state index is 0. The van der Waals surface area contributed by atoms with Gasteiger partial charge in [-0.15, -0.1) is 0 Å². The molecule has 7 heavy (non-hydrogen) atoms. The molecule has 3 heteroatoms. The monoisotopic (exact) mass is 136 g/mol. The molecule has 0 N–H and O–H groups in total. The Kier molecular flexibility index (Phi) is 5.17. The van der Waals surface area contributed by atoms with Crippen LogP contribution < -0.4 is 0 Å². The molecule has 0 aromatic rings. The Morgan fingerprint density at radius 1 is 1.29 bits per heavy atom. The van der Waals surface area contributed by atoms with Crippen LogP contribution in [0.1, 0.15) is 12.8 Å². The van der Waals surface area contributed by atoms with Crippen molar-refractivity contribution in [3.05, 3.63) is 0 Å². The molecular formula is C4H13OPSi. The van der Waals surface area contributed by atoms with Gasteiger partial charge in [0.05, 0.1) is 0 Å². The van der Waals surface area contributed by atoms with Crippen LogP contribution in [-0.4, -0.2) is 16.4 Å². The fourth-order valence-corrected chi connectivity index (χ4v) is 1.86. The third-order valence-corrected chi connectivity index (χ3v) is 2.44. The second-order valence-corrected chi connectivity index (χ2v) is 3.20. The van der Waals surface area contributed by atoms with Crippen LogP contribution in [-0.2, 0) is 4.43 Å². The molecular weight excluding hydrogens is 123 g/mol. The first-order valence-corrected chi connectivity index (χ1v) is 4.15. The van der Waals surface area contributed by atoms with E-state index < -0.39 is 0 Å². The minimum absolute atomic E-state index is 0. The van der Waals surface area contributed by atoms with Gasteiger partial charge in [-0.1, -0.05) is 6.42 Å². The van der Waals surface area contributed by atoms with Crippen LogP contribution >= 0.6 is 9.90 Å². The van der Waals surface area contributed by atoms with E-state index in [1.807, 2.05) is 0 Å². The van der Waals surface area contributed by atoms with Gasteiger partial charge in [0.15, 0.2) is 9.76 Å². The summed E-state index contributed by atoms with van der Waals surface area (Å²) in [6, 6.07) is 1.42. The highest BCUT2D eigenvalue weighted by Crippen LogP contribution is 2.01. The van der Waals surface area contributed by atoms with Crippen molar-refractivity contribution in [1.82, 2.24) is 0 Å². The van der Waals surface area contributed by atoms with E-state index in [1.54, 1.807) is 0 Å². The van der Waals surface area contributed by atoms with Gasteiger partial charge in [0.2, 0.25) is 0 Å². The summed E-state index contributed by atoms with van der Waals surface area (Å²) in [6.45, 7) is 1.06. The molecule has 1 rings (SSSR count). The van der Waals surface area contributed by atoms with E-state index in [-0.39, 0.29) is 19.7 Å². The lowest BCUT2D eigenvalue weighted by Gasteiger charge is -2.07. The van der Waals surface area contributed by atoms with Crippen LogP contribution in [0.25, 0.3) is 0 Å². The van der Waals surface area contributed by atoms with Crippen molar-refractivity contribution < 1.29 is 4.43 Å². The van der Waals surface area contributed by atoms with E-state index >= 15 is 0 Å². The summed E-state index contributed by atoms with van der Waals surface area (Å²) in [6.07, 6.45) is 2.75. The zero-order valence-electron chi connectivity index (χ0n) is 4.65. The zero-order valence-corrected chi connectivity index (χ0v) is 7.48. The van der Waals surface area contributed by atoms with Crippen LogP contribution in [0.4, 0.5) is 0 Å². The second-order valence-electron chi connectivity index (χ2n) is 1.67. The summed E-state index contributed by atoms with van der Waals surface area (Å²) in [5.74, 6) is 0. The number of hydrogen-bond donors (Lipinski definition) is 0. The van der Waals surface area contributed by atoms with Gasteiger partial charge in [-0.2, -0.15) is 9.90 Å². The van der Waals surface area contributed by atoms with Crippen molar-refractivity contribution in [2.24, 2.45) is 0 Å². The quantitative estimate of drug-likeness (QED) is 0.345. The molecule has 44 valence electrons.